The summed E-state index contributed by atoms with van der Waals surface area (Å²) in [5, 5.41) is 13.1. The van der Waals surface area contributed by atoms with Gasteiger partial charge in [-0.05, 0) is 11.6 Å². The van der Waals surface area contributed by atoms with Gasteiger partial charge in [-0.2, -0.15) is 0 Å². The molecule has 0 saturated carbocycles. The Balaban J connectivity index is 1.51. The average Bonchev–Trinajstić information content (AvgIpc) is 3.24. The van der Waals surface area contributed by atoms with Gasteiger partial charge in [0.2, 0.25) is 11.0 Å². The van der Waals surface area contributed by atoms with Crippen molar-refractivity contribution in [3.8, 4) is 0 Å². The lowest BCUT2D eigenvalue weighted by Crippen LogP contribution is -2.07. The van der Waals surface area contributed by atoms with Crippen molar-refractivity contribution in [2.24, 2.45) is 0 Å². The number of hydrogen-bond acceptors (Lipinski definition) is 7. The first-order chi connectivity index (χ1) is 11.3. The van der Waals surface area contributed by atoms with Crippen LogP contribution in [0.1, 0.15) is 11.3 Å². The van der Waals surface area contributed by atoms with Gasteiger partial charge < -0.3 is 0 Å². The molecule has 1 aromatic carbocycles. The van der Waals surface area contributed by atoms with Crippen molar-refractivity contribution < 1.29 is 4.79 Å². The van der Waals surface area contributed by atoms with Gasteiger partial charge >= 0.3 is 0 Å². The minimum absolute atomic E-state index is 0.242. The van der Waals surface area contributed by atoms with Gasteiger partial charge in [-0.1, -0.05) is 53.4 Å². The molecule has 0 spiro atoms. The molecule has 0 atom stereocenters. The highest BCUT2D eigenvalue weighted by molar-refractivity contribution is 8.00. The Bertz CT molecular complexity index is 784. The highest BCUT2D eigenvalue weighted by Gasteiger charge is 2.07. The van der Waals surface area contributed by atoms with Gasteiger partial charge in [0.05, 0.1) is 11.2 Å². The van der Waals surface area contributed by atoms with Gasteiger partial charge in [-0.3, -0.25) is 10.1 Å². The maximum atomic E-state index is 11.8. The average molecular weight is 360 g/mol. The second-order valence-electron chi connectivity index (χ2n) is 4.38. The fraction of sp³-hybridized carbons (Fsp3) is 0.0667. The molecule has 23 heavy (non-hydrogen) atoms. The molecule has 0 aliphatic heterocycles. The van der Waals surface area contributed by atoms with Gasteiger partial charge in [-0.15, -0.1) is 21.5 Å². The van der Waals surface area contributed by atoms with Gasteiger partial charge in [0.1, 0.15) is 0 Å². The molecule has 3 aromatic rings. The minimum atomic E-state index is -0.242. The monoisotopic (exact) mass is 360 g/mol. The van der Waals surface area contributed by atoms with E-state index in [-0.39, 0.29) is 5.91 Å². The maximum absolute atomic E-state index is 11.8. The molecule has 8 heteroatoms. The molecule has 0 radical (unpaired) electrons. The number of hydrogen-bond donors (Lipinski definition) is 1. The molecule has 1 amide bonds. The van der Waals surface area contributed by atoms with Crippen molar-refractivity contribution >= 4 is 51.6 Å². The minimum Gasteiger partial charge on any atom is -0.297 e. The first kappa shape index (κ1) is 15.9. The predicted molar refractivity (Wildman–Crippen MR) is 95.7 cm³/mol. The summed E-state index contributed by atoms with van der Waals surface area (Å²) < 4.78 is 0.827. The van der Waals surface area contributed by atoms with Crippen LogP contribution in [0, 0.1) is 0 Å². The van der Waals surface area contributed by atoms with E-state index in [9.17, 15) is 4.79 Å². The van der Waals surface area contributed by atoms with Crippen LogP contribution in [0.25, 0.3) is 6.08 Å². The van der Waals surface area contributed by atoms with E-state index in [0.29, 0.717) is 5.13 Å². The molecule has 0 saturated heterocycles. The summed E-state index contributed by atoms with van der Waals surface area (Å²) in [6.45, 7) is 0. The number of nitrogens with one attached hydrogen (secondary N) is 1. The third-order valence-corrected chi connectivity index (χ3v) is 5.35. The van der Waals surface area contributed by atoms with Crippen LogP contribution >= 0.6 is 34.4 Å². The number of carbonyl (C=O) groups is 1. The van der Waals surface area contributed by atoms with E-state index in [1.54, 1.807) is 23.3 Å². The lowest BCUT2D eigenvalue weighted by Gasteiger charge is -1.96. The van der Waals surface area contributed by atoms with Crippen molar-refractivity contribution in [1.82, 2.24) is 15.2 Å². The molecule has 116 valence electrons. The Morgan fingerprint density at radius 1 is 1.26 bits per heavy atom. The smallest absolute Gasteiger partial charge is 0.250 e. The number of amides is 1. The summed E-state index contributed by atoms with van der Waals surface area (Å²) in [5.74, 6) is 0.585. The van der Waals surface area contributed by atoms with E-state index >= 15 is 0 Å². The van der Waals surface area contributed by atoms with Crippen molar-refractivity contribution in [3.63, 3.8) is 0 Å². The van der Waals surface area contributed by atoms with Crippen LogP contribution < -0.4 is 5.32 Å². The van der Waals surface area contributed by atoms with E-state index in [4.69, 9.17) is 0 Å². The second kappa shape index (κ2) is 8.00. The van der Waals surface area contributed by atoms with E-state index in [1.165, 1.54) is 34.3 Å². The largest absolute Gasteiger partial charge is 0.297 e. The Labute approximate surface area is 145 Å². The molecular formula is C15H12N4OS3. The van der Waals surface area contributed by atoms with Crippen LogP contribution in [0.5, 0.6) is 0 Å². The molecule has 3 rings (SSSR count). The van der Waals surface area contributed by atoms with Crippen molar-refractivity contribution in [2.75, 3.05) is 5.32 Å². The third kappa shape index (κ3) is 4.98. The Hall–Kier alpha value is -2.03. The summed E-state index contributed by atoms with van der Waals surface area (Å²) >= 11 is 4.45. The van der Waals surface area contributed by atoms with Crippen LogP contribution in [-0.2, 0) is 10.5 Å². The molecule has 5 nitrogen and oxygen atoms in total. The molecule has 0 bridgehead atoms. The fourth-order valence-corrected chi connectivity index (χ4v) is 3.88. The van der Waals surface area contributed by atoms with Gasteiger partial charge in [0.25, 0.3) is 0 Å². The van der Waals surface area contributed by atoms with Crippen LogP contribution in [0.2, 0.25) is 0 Å². The summed E-state index contributed by atoms with van der Waals surface area (Å²) in [4.78, 5) is 15.9. The van der Waals surface area contributed by atoms with Gasteiger partial charge in [0.15, 0.2) is 4.34 Å². The lowest BCUT2D eigenvalue weighted by molar-refractivity contribution is -0.111. The van der Waals surface area contributed by atoms with Crippen molar-refractivity contribution in [2.45, 2.75) is 10.1 Å². The Morgan fingerprint density at radius 3 is 2.91 bits per heavy atom. The molecule has 2 heterocycles. The van der Waals surface area contributed by atoms with Crippen molar-refractivity contribution in [3.05, 3.63) is 58.6 Å². The summed E-state index contributed by atoms with van der Waals surface area (Å²) in [7, 11) is 0. The zero-order valence-electron chi connectivity index (χ0n) is 11.9. The number of benzene rings is 1. The number of thiazole rings is 1. The molecule has 1 N–H and O–H groups in total. The highest BCUT2D eigenvalue weighted by atomic mass is 32.2. The standard InChI is InChI=1S/C15H12N4OS3/c20-13(7-6-12-9-21-10-16-12)17-14-18-19-15(23-14)22-8-11-4-2-1-3-5-11/h1-7,9-10H,8H2,(H,17,18,20)/b7-6+. The predicted octanol–water partition coefficient (Wildman–Crippen LogP) is 3.94. The number of nitrogens with zero attached hydrogens (tertiary/aromatic N) is 3. The number of rotatable bonds is 6. The quantitative estimate of drug-likeness (QED) is 0.410. The van der Waals surface area contributed by atoms with E-state index in [1.807, 2.05) is 23.6 Å². The number of aromatic nitrogens is 3. The summed E-state index contributed by atoms with van der Waals surface area (Å²) in [6, 6.07) is 10.2. The molecule has 0 unspecified atom stereocenters. The summed E-state index contributed by atoms with van der Waals surface area (Å²) in [6.07, 6.45) is 3.10. The van der Waals surface area contributed by atoms with Gasteiger partial charge in [0, 0.05) is 17.2 Å². The lowest BCUT2D eigenvalue weighted by atomic mass is 10.2. The topological polar surface area (TPSA) is 67.8 Å². The third-order valence-electron chi connectivity index (χ3n) is 2.70. The first-order valence-corrected chi connectivity index (χ1v) is 9.41. The highest BCUT2D eigenvalue weighted by Crippen LogP contribution is 2.28. The summed E-state index contributed by atoms with van der Waals surface area (Å²) in [5.41, 5.74) is 3.71. The number of thioether (sulfide) groups is 1. The number of carbonyl (C=O) groups excluding carboxylic acids is 1. The second-order valence-corrected chi connectivity index (χ2v) is 7.30. The Kier molecular flexibility index (Phi) is 5.51. The molecule has 0 aliphatic carbocycles. The van der Waals surface area contributed by atoms with Crippen LogP contribution in [0.15, 0.2) is 51.6 Å². The zero-order chi connectivity index (χ0) is 15.9. The Morgan fingerprint density at radius 2 is 2.13 bits per heavy atom. The van der Waals surface area contributed by atoms with Crippen LogP contribution in [0.3, 0.4) is 0 Å². The maximum Gasteiger partial charge on any atom is 0.250 e. The van der Waals surface area contributed by atoms with E-state index < -0.39 is 0 Å². The first-order valence-electron chi connectivity index (χ1n) is 6.67. The zero-order valence-corrected chi connectivity index (χ0v) is 14.3. The van der Waals surface area contributed by atoms with Gasteiger partial charge in [-0.25, -0.2) is 4.98 Å². The van der Waals surface area contributed by atoms with Crippen LogP contribution in [0.4, 0.5) is 5.13 Å². The van der Waals surface area contributed by atoms with Crippen molar-refractivity contribution in [1.29, 1.82) is 0 Å². The SMILES string of the molecule is O=C(/C=C/c1cscn1)Nc1nnc(SCc2ccccc2)s1. The molecule has 2 aromatic heterocycles. The van der Waals surface area contributed by atoms with E-state index in [2.05, 4.69) is 32.6 Å². The molecule has 0 aliphatic rings. The normalized spacial score (nSPS) is 11.0. The van der Waals surface area contributed by atoms with Crippen LogP contribution in [-0.4, -0.2) is 21.1 Å². The fourth-order valence-electron chi connectivity index (χ4n) is 1.65. The molecule has 0 fully saturated rings. The van der Waals surface area contributed by atoms with E-state index in [0.717, 1.165) is 15.8 Å². The molecular weight excluding hydrogens is 348 g/mol. The number of anilines is 1.